The van der Waals surface area contributed by atoms with E-state index in [0.717, 1.165) is 29.8 Å². The highest BCUT2D eigenvalue weighted by molar-refractivity contribution is 6.03. The summed E-state index contributed by atoms with van der Waals surface area (Å²) in [6.07, 6.45) is 5.55. The maximum absolute atomic E-state index is 12.4. The number of ether oxygens (including phenoxy) is 1. The number of rotatable bonds is 2. The predicted octanol–water partition coefficient (Wildman–Crippen LogP) is 1.55. The number of carbonyl (C=O) groups excluding carboxylic acids is 2. The minimum atomic E-state index is -0.420. The summed E-state index contributed by atoms with van der Waals surface area (Å²) in [5, 5.41) is 9.91. The average Bonchev–Trinajstić information content (AvgIpc) is 2.99. The Morgan fingerprint density at radius 1 is 1.43 bits per heavy atom. The summed E-state index contributed by atoms with van der Waals surface area (Å²) in [6, 6.07) is 0. The Kier molecular flexibility index (Phi) is 3.37. The van der Waals surface area contributed by atoms with E-state index < -0.39 is 11.9 Å². The summed E-state index contributed by atoms with van der Waals surface area (Å²) in [4.78, 5) is 24.6. The zero-order valence-corrected chi connectivity index (χ0v) is 12.0. The van der Waals surface area contributed by atoms with Gasteiger partial charge in [-0.05, 0) is 19.8 Å². The van der Waals surface area contributed by atoms with Crippen LogP contribution in [0.25, 0.3) is 0 Å². The largest absolute Gasteiger partial charge is 0.466 e. The Labute approximate surface area is 122 Å². The number of ketones is 1. The Balaban J connectivity index is 2.17. The molecule has 1 aliphatic carbocycles. The van der Waals surface area contributed by atoms with Gasteiger partial charge in [0, 0.05) is 35.1 Å². The van der Waals surface area contributed by atoms with Gasteiger partial charge in [0.25, 0.3) is 0 Å². The molecule has 1 aliphatic heterocycles. The number of carbonyl (C=O) groups is 2. The number of H-pyrrole nitrogens is 1. The van der Waals surface area contributed by atoms with Crippen molar-refractivity contribution in [2.45, 2.75) is 32.1 Å². The molecule has 2 heterocycles. The van der Waals surface area contributed by atoms with Crippen molar-refractivity contribution in [2.24, 2.45) is 0 Å². The molecule has 0 saturated heterocycles. The Morgan fingerprint density at radius 3 is 2.90 bits per heavy atom. The lowest BCUT2D eigenvalue weighted by Gasteiger charge is -2.33. The molecule has 2 N–H and O–H groups in total. The van der Waals surface area contributed by atoms with Crippen LogP contribution in [-0.4, -0.2) is 29.1 Å². The third-order valence-electron chi connectivity index (χ3n) is 4.03. The maximum Gasteiger partial charge on any atom is 0.336 e. The molecule has 21 heavy (non-hydrogen) atoms. The number of allylic oxidation sites excluding steroid dienone is 3. The van der Waals surface area contributed by atoms with Crippen molar-refractivity contribution in [3.05, 3.63) is 40.5 Å². The lowest BCUT2D eigenvalue weighted by molar-refractivity contribution is -0.136. The molecule has 0 saturated carbocycles. The van der Waals surface area contributed by atoms with Gasteiger partial charge in [-0.2, -0.15) is 5.10 Å². The van der Waals surface area contributed by atoms with E-state index in [1.807, 2.05) is 6.92 Å². The van der Waals surface area contributed by atoms with Gasteiger partial charge in [0.15, 0.2) is 5.78 Å². The van der Waals surface area contributed by atoms with Crippen LogP contribution in [0.2, 0.25) is 0 Å². The fraction of sp³-hybridized carbons (Fsp3) is 0.400. The van der Waals surface area contributed by atoms with Crippen molar-refractivity contribution in [1.82, 2.24) is 15.5 Å². The van der Waals surface area contributed by atoms with Crippen molar-refractivity contribution in [3.63, 3.8) is 0 Å². The number of nitrogens with one attached hydrogen (secondary N) is 2. The lowest BCUT2D eigenvalue weighted by Crippen LogP contribution is -2.34. The topological polar surface area (TPSA) is 84.1 Å². The molecule has 0 unspecified atom stereocenters. The van der Waals surface area contributed by atoms with E-state index in [0.29, 0.717) is 17.6 Å². The number of hydrogen-bond donors (Lipinski definition) is 2. The van der Waals surface area contributed by atoms with Gasteiger partial charge in [0.1, 0.15) is 0 Å². The minimum absolute atomic E-state index is 0.0869. The molecule has 0 aromatic carbocycles. The lowest BCUT2D eigenvalue weighted by atomic mass is 9.76. The number of esters is 1. The van der Waals surface area contributed by atoms with Gasteiger partial charge < -0.3 is 10.1 Å². The molecule has 1 aromatic heterocycles. The van der Waals surface area contributed by atoms with Crippen LogP contribution in [-0.2, 0) is 14.3 Å². The molecule has 0 bridgehead atoms. The maximum atomic E-state index is 12.4. The number of aromatic nitrogens is 2. The van der Waals surface area contributed by atoms with Crippen LogP contribution in [0.3, 0.4) is 0 Å². The van der Waals surface area contributed by atoms with E-state index >= 15 is 0 Å². The van der Waals surface area contributed by atoms with Gasteiger partial charge in [-0.15, -0.1) is 0 Å². The molecule has 1 atom stereocenters. The third-order valence-corrected chi connectivity index (χ3v) is 4.03. The number of nitrogens with zero attached hydrogens (tertiary/aromatic N) is 1. The van der Waals surface area contributed by atoms with Gasteiger partial charge in [-0.3, -0.25) is 9.89 Å². The third kappa shape index (κ3) is 2.16. The van der Waals surface area contributed by atoms with Crippen LogP contribution in [0.5, 0.6) is 0 Å². The second-order valence-corrected chi connectivity index (χ2v) is 5.29. The molecular formula is C15H17N3O3. The standard InChI is InChI=1S/C15H17N3O3/c1-8-12(15(20)21-2)13(9-6-16-17-7-9)14-10(18-8)4-3-5-11(14)19/h6-7,13,18H,3-5H2,1-2H3,(H,16,17)/t13-/m1/s1. The number of Topliss-reactive ketones (excluding diaryl/α,β-unsaturated/α-hetero) is 1. The Hall–Kier alpha value is -2.37. The molecule has 1 aromatic rings. The first-order valence-corrected chi connectivity index (χ1v) is 6.94. The molecule has 110 valence electrons. The second kappa shape index (κ2) is 5.20. The fourth-order valence-corrected chi connectivity index (χ4v) is 3.12. The predicted molar refractivity (Wildman–Crippen MR) is 75.1 cm³/mol. The molecular weight excluding hydrogens is 270 g/mol. The van der Waals surface area contributed by atoms with E-state index in [2.05, 4.69) is 15.5 Å². The van der Waals surface area contributed by atoms with E-state index in [4.69, 9.17) is 4.74 Å². The molecule has 2 aliphatic rings. The highest BCUT2D eigenvalue weighted by Crippen LogP contribution is 2.41. The van der Waals surface area contributed by atoms with E-state index in [1.165, 1.54) is 7.11 Å². The van der Waals surface area contributed by atoms with Crippen LogP contribution in [0.1, 0.15) is 37.7 Å². The van der Waals surface area contributed by atoms with Gasteiger partial charge >= 0.3 is 5.97 Å². The molecule has 3 rings (SSSR count). The van der Waals surface area contributed by atoms with Gasteiger partial charge in [0.05, 0.1) is 24.8 Å². The highest BCUT2D eigenvalue weighted by Gasteiger charge is 2.39. The van der Waals surface area contributed by atoms with E-state index in [-0.39, 0.29) is 5.78 Å². The molecule has 0 spiro atoms. The van der Waals surface area contributed by atoms with Crippen molar-refractivity contribution in [1.29, 1.82) is 0 Å². The monoisotopic (exact) mass is 287 g/mol. The number of hydrogen-bond acceptors (Lipinski definition) is 5. The molecule has 0 amide bonds. The fourth-order valence-electron chi connectivity index (χ4n) is 3.12. The number of aromatic amines is 1. The summed E-state index contributed by atoms with van der Waals surface area (Å²) < 4.78 is 4.90. The van der Waals surface area contributed by atoms with E-state index in [1.54, 1.807) is 12.4 Å². The van der Waals surface area contributed by atoms with Crippen molar-refractivity contribution < 1.29 is 14.3 Å². The van der Waals surface area contributed by atoms with Crippen LogP contribution in [0, 0.1) is 0 Å². The highest BCUT2D eigenvalue weighted by atomic mass is 16.5. The minimum Gasteiger partial charge on any atom is -0.466 e. The Bertz CT molecular complexity index is 656. The molecule has 6 nitrogen and oxygen atoms in total. The van der Waals surface area contributed by atoms with Crippen LogP contribution < -0.4 is 5.32 Å². The molecule has 0 radical (unpaired) electrons. The van der Waals surface area contributed by atoms with Crippen LogP contribution in [0.15, 0.2) is 34.9 Å². The number of dihydropyridines is 1. The molecule has 6 heteroatoms. The summed E-state index contributed by atoms with van der Waals surface area (Å²) in [5.74, 6) is -0.736. The number of methoxy groups -OCH3 is 1. The summed E-state index contributed by atoms with van der Waals surface area (Å²) in [6.45, 7) is 1.84. The van der Waals surface area contributed by atoms with Crippen molar-refractivity contribution >= 4 is 11.8 Å². The summed E-state index contributed by atoms with van der Waals surface area (Å²) in [7, 11) is 1.35. The Morgan fingerprint density at radius 2 is 2.24 bits per heavy atom. The van der Waals surface area contributed by atoms with Gasteiger partial charge in [0.2, 0.25) is 0 Å². The zero-order valence-electron chi connectivity index (χ0n) is 12.0. The quantitative estimate of drug-likeness (QED) is 0.806. The zero-order chi connectivity index (χ0) is 15.0. The smallest absolute Gasteiger partial charge is 0.336 e. The van der Waals surface area contributed by atoms with E-state index in [9.17, 15) is 9.59 Å². The average molecular weight is 287 g/mol. The van der Waals surface area contributed by atoms with Crippen LogP contribution >= 0.6 is 0 Å². The first-order chi connectivity index (χ1) is 10.1. The summed E-state index contributed by atoms with van der Waals surface area (Å²) >= 11 is 0. The summed E-state index contributed by atoms with van der Waals surface area (Å²) in [5.41, 5.74) is 3.62. The van der Waals surface area contributed by atoms with Crippen molar-refractivity contribution in [3.8, 4) is 0 Å². The molecule has 0 fully saturated rings. The van der Waals surface area contributed by atoms with Gasteiger partial charge in [-0.1, -0.05) is 0 Å². The first-order valence-electron chi connectivity index (χ1n) is 6.94. The normalized spacial score (nSPS) is 22.0. The first kappa shape index (κ1) is 13.6. The SMILES string of the molecule is COC(=O)C1=C(C)NC2=C(C(=O)CCC2)[C@@H]1c1cn[nH]c1. The van der Waals surface area contributed by atoms with Gasteiger partial charge in [-0.25, -0.2) is 4.79 Å². The second-order valence-electron chi connectivity index (χ2n) is 5.29. The van der Waals surface area contributed by atoms with Crippen molar-refractivity contribution in [2.75, 3.05) is 7.11 Å². The van der Waals surface area contributed by atoms with Crippen LogP contribution in [0.4, 0.5) is 0 Å².